The number of ether oxygens (including phenoxy) is 1. The number of unbranched alkanes of at least 4 members (excludes halogenated alkanes) is 6. The monoisotopic (exact) mass is 784 g/mol. The fraction of sp³-hybridized carbons (Fsp3) is 0.388. The van der Waals surface area contributed by atoms with Crippen molar-refractivity contribution in [2.45, 2.75) is 104 Å². The van der Waals surface area contributed by atoms with E-state index in [2.05, 4.69) is 24.5 Å². The van der Waals surface area contributed by atoms with Crippen molar-refractivity contribution < 1.29 is 23.9 Å². The maximum atomic E-state index is 14.0. The predicted octanol–water partition coefficient (Wildman–Crippen LogP) is 10.1. The summed E-state index contributed by atoms with van der Waals surface area (Å²) >= 11 is 0. The van der Waals surface area contributed by atoms with Crippen LogP contribution in [0, 0.1) is 0 Å². The SMILES string of the molecule is CCCCCCN(C(=O)CCCCCN1C(=O)NC(c2ccc(-c3ccccc3)cc2)C(C(=O)OCc2ccccc2)=C1C)C(C(=O)NCCCC)c1ccccc1. The summed E-state index contributed by atoms with van der Waals surface area (Å²) in [5, 5.41) is 6.17. The van der Waals surface area contributed by atoms with Gasteiger partial charge < -0.3 is 20.3 Å². The molecule has 0 aliphatic carbocycles. The first kappa shape index (κ1) is 43.4. The fourth-order valence-corrected chi connectivity index (χ4v) is 7.43. The van der Waals surface area contributed by atoms with Crippen molar-refractivity contribution in [3.63, 3.8) is 0 Å². The predicted molar refractivity (Wildman–Crippen MR) is 230 cm³/mol. The van der Waals surface area contributed by atoms with E-state index in [-0.39, 0.29) is 24.5 Å². The van der Waals surface area contributed by atoms with Crippen molar-refractivity contribution in [3.05, 3.63) is 143 Å². The van der Waals surface area contributed by atoms with E-state index >= 15 is 0 Å². The van der Waals surface area contributed by atoms with Crippen LogP contribution in [0.5, 0.6) is 0 Å². The van der Waals surface area contributed by atoms with Crippen LogP contribution in [0.15, 0.2) is 127 Å². The highest BCUT2D eigenvalue weighted by atomic mass is 16.5. The van der Waals surface area contributed by atoms with Gasteiger partial charge in [-0.15, -0.1) is 0 Å². The fourth-order valence-electron chi connectivity index (χ4n) is 7.43. The molecule has 5 rings (SSSR count). The van der Waals surface area contributed by atoms with E-state index in [0.717, 1.165) is 66.3 Å². The molecule has 306 valence electrons. The summed E-state index contributed by atoms with van der Waals surface area (Å²) in [5.41, 5.74) is 5.51. The third-order valence-corrected chi connectivity index (χ3v) is 10.7. The van der Waals surface area contributed by atoms with Gasteiger partial charge in [0.1, 0.15) is 12.6 Å². The molecule has 0 bridgehead atoms. The molecule has 1 aliphatic rings. The van der Waals surface area contributed by atoms with Crippen LogP contribution in [0.4, 0.5) is 4.79 Å². The molecule has 9 heteroatoms. The molecule has 4 amide bonds. The Morgan fingerprint density at radius 1 is 0.741 bits per heavy atom. The first-order valence-corrected chi connectivity index (χ1v) is 21.1. The Balaban J connectivity index is 1.28. The Kier molecular flexibility index (Phi) is 17.1. The highest BCUT2D eigenvalue weighted by molar-refractivity contribution is 5.95. The Morgan fingerprint density at radius 3 is 2.03 bits per heavy atom. The summed E-state index contributed by atoms with van der Waals surface area (Å²) in [7, 11) is 0. The van der Waals surface area contributed by atoms with Gasteiger partial charge in [-0.3, -0.25) is 14.5 Å². The van der Waals surface area contributed by atoms with E-state index in [1.165, 1.54) is 0 Å². The number of nitrogens with zero attached hydrogens (tertiary/aromatic N) is 2. The third-order valence-electron chi connectivity index (χ3n) is 10.7. The molecule has 0 saturated carbocycles. The van der Waals surface area contributed by atoms with E-state index < -0.39 is 18.1 Å². The van der Waals surface area contributed by atoms with Crippen molar-refractivity contribution in [3.8, 4) is 11.1 Å². The number of rotatable bonds is 22. The zero-order valence-electron chi connectivity index (χ0n) is 34.5. The number of amides is 4. The minimum absolute atomic E-state index is 0.0487. The van der Waals surface area contributed by atoms with E-state index in [0.29, 0.717) is 56.6 Å². The molecular weight excluding hydrogens is 725 g/mol. The molecule has 4 aromatic carbocycles. The maximum Gasteiger partial charge on any atom is 0.338 e. The molecule has 9 nitrogen and oxygen atoms in total. The van der Waals surface area contributed by atoms with Crippen LogP contribution in [0.3, 0.4) is 0 Å². The van der Waals surface area contributed by atoms with Crippen molar-refractivity contribution in [2.75, 3.05) is 19.6 Å². The van der Waals surface area contributed by atoms with Crippen LogP contribution in [0.25, 0.3) is 11.1 Å². The summed E-state index contributed by atoms with van der Waals surface area (Å²) < 4.78 is 5.85. The Hall–Kier alpha value is -5.70. The van der Waals surface area contributed by atoms with E-state index in [1.54, 1.807) is 16.7 Å². The van der Waals surface area contributed by atoms with Crippen molar-refractivity contribution in [1.82, 2.24) is 20.4 Å². The number of carbonyl (C=O) groups excluding carboxylic acids is 4. The van der Waals surface area contributed by atoms with Crippen LogP contribution >= 0.6 is 0 Å². The molecule has 58 heavy (non-hydrogen) atoms. The van der Waals surface area contributed by atoms with E-state index in [4.69, 9.17) is 4.74 Å². The molecule has 0 saturated heterocycles. The summed E-state index contributed by atoms with van der Waals surface area (Å²) in [6.07, 6.45) is 8.01. The van der Waals surface area contributed by atoms with E-state index in [1.807, 2.05) is 115 Å². The summed E-state index contributed by atoms with van der Waals surface area (Å²) in [4.78, 5) is 58.6. The smallest absolute Gasteiger partial charge is 0.338 e. The van der Waals surface area contributed by atoms with Crippen LogP contribution in [-0.2, 0) is 25.7 Å². The lowest BCUT2D eigenvalue weighted by molar-refractivity contribution is -0.141. The Labute approximate surface area is 344 Å². The third kappa shape index (κ3) is 12.2. The molecule has 1 heterocycles. The van der Waals surface area contributed by atoms with Gasteiger partial charge in [0, 0.05) is 31.8 Å². The summed E-state index contributed by atoms with van der Waals surface area (Å²) in [5.74, 6) is -0.683. The lowest BCUT2D eigenvalue weighted by Crippen LogP contribution is -2.48. The van der Waals surface area contributed by atoms with E-state index in [9.17, 15) is 19.2 Å². The second kappa shape index (κ2) is 22.9. The molecule has 0 spiro atoms. The molecule has 0 radical (unpaired) electrons. The lowest BCUT2D eigenvalue weighted by atomic mass is 9.93. The summed E-state index contributed by atoms with van der Waals surface area (Å²) in [6, 6.07) is 35.4. The van der Waals surface area contributed by atoms with Crippen molar-refractivity contribution >= 4 is 23.8 Å². The highest BCUT2D eigenvalue weighted by Crippen LogP contribution is 2.33. The zero-order valence-corrected chi connectivity index (χ0v) is 34.5. The van der Waals surface area contributed by atoms with Gasteiger partial charge in [-0.05, 0) is 60.4 Å². The second-order valence-corrected chi connectivity index (χ2v) is 15.0. The lowest BCUT2D eigenvalue weighted by Gasteiger charge is -2.35. The zero-order chi connectivity index (χ0) is 41.1. The quantitative estimate of drug-likeness (QED) is 0.0610. The van der Waals surface area contributed by atoms with Gasteiger partial charge in [0.15, 0.2) is 0 Å². The number of allylic oxidation sites excluding steroid dienone is 1. The maximum absolute atomic E-state index is 14.0. The minimum atomic E-state index is -0.695. The average Bonchev–Trinajstić information content (AvgIpc) is 3.25. The van der Waals surface area contributed by atoms with Gasteiger partial charge in [0.2, 0.25) is 11.8 Å². The van der Waals surface area contributed by atoms with Crippen molar-refractivity contribution in [2.24, 2.45) is 0 Å². The van der Waals surface area contributed by atoms with Gasteiger partial charge in [-0.2, -0.15) is 0 Å². The van der Waals surface area contributed by atoms with Gasteiger partial charge in [0.25, 0.3) is 0 Å². The summed E-state index contributed by atoms with van der Waals surface area (Å²) in [6.45, 7) is 7.61. The second-order valence-electron chi connectivity index (χ2n) is 15.0. The molecule has 2 atom stereocenters. The van der Waals surface area contributed by atoms with Gasteiger partial charge >= 0.3 is 12.0 Å². The van der Waals surface area contributed by atoms with Crippen LogP contribution in [0.1, 0.15) is 114 Å². The molecule has 2 unspecified atom stereocenters. The number of nitrogens with one attached hydrogen (secondary N) is 2. The largest absolute Gasteiger partial charge is 0.457 e. The standard InChI is InChI=1S/C49H60N4O5/c1-4-6-8-20-35-53(46(42-26-17-11-18-27-42)47(55)50-33-7-5-2)43(54)28-19-12-21-34-52-37(3)44(48(56)58-36-38-22-13-9-14-23-38)45(51-49(52)57)41-31-29-40(30-32-41)39-24-15-10-16-25-39/h9-11,13-18,22-27,29-32,45-46H,4-8,12,19-21,28,33-36H2,1-3H3,(H,50,55)(H,51,57). The number of benzene rings is 4. The number of hydrogen-bond acceptors (Lipinski definition) is 5. The molecule has 0 aromatic heterocycles. The van der Waals surface area contributed by atoms with Gasteiger partial charge in [0.05, 0.1) is 11.6 Å². The number of esters is 1. The van der Waals surface area contributed by atoms with Crippen LogP contribution in [0.2, 0.25) is 0 Å². The Morgan fingerprint density at radius 2 is 1.36 bits per heavy atom. The number of hydrogen-bond donors (Lipinski definition) is 2. The highest BCUT2D eigenvalue weighted by Gasteiger charge is 2.36. The average molecular weight is 785 g/mol. The number of urea groups is 1. The first-order valence-electron chi connectivity index (χ1n) is 21.1. The molecular formula is C49H60N4O5. The van der Waals surface area contributed by atoms with Crippen LogP contribution < -0.4 is 10.6 Å². The molecule has 2 N–H and O–H groups in total. The molecule has 1 aliphatic heterocycles. The molecule has 0 fully saturated rings. The van der Waals surface area contributed by atoms with Gasteiger partial charge in [-0.25, -0.2) is 9.59 Å². The topological polar surface area (TPSA) is 108 Å². The van der Waals surface area contributed by atoms with Crippen LogP contribution in [-0.4, -0.2) is 53.2 Å². The minimum Gasteiger partial charge on any atom is -0.457 e. The normalized spacial score (nSPS) is 14.4. The Bertz CT molecular complexity index is 1930. The molecule has 4 aromatic rings. The first-order chi connectivity index (χ1) is 28.3. The van der Waals surface area contributed by atoms with Crippen molar-refractivity contribution in [1.29, 1.82) is 0 Å². The number of carbonyl (C=O) groups is 4. The van der Waals surface area contributed by atoms with Gasteiger partial charge in [-0.1, -0.05) is 161 Å².